The van der Waals surface area contributed by atoms with Crippen molar-refractivity contribution in [1.29, 1.82) is 0 Å². The number of aryl methyl sites for hydroxylation is 1. The second-order valence-electron chi connectivity index (χ2n) is 7.76. The molecule has 166 valence electrons. The summed E-state index contributed by atoms with van der Waals surface area (Å²) in [5, 5.41) is 3.01. The van der Waals surface area contributed by atoms with Crippen LogP contribution in [-0.4, -0.2) is 61.0 Å². The van der Waals surface area contributed by atoms with Crippen molar-refractivity contribution in [3.8, 4) is 5.75 Å². The Hall–Kier alpha value is -3.06. The number of benzene rings is 1. The molecule has 0 fully saturated rings. The second kappa shape index (κ2) is 10.3. The van der Waals surface area contributed by atoms with Crippen molar-refractivity contribution in [3.63, 3.8) is 0 Å². The van der Waals surface area contributed by atoms with Crippen LogP contribution in [0.15, 0.2) is 42.6 Å². The van der Waals surface area contributed by atoms with Crippen molar-refractivity contribution >= 4 is 17.4 Å². The number of ether oxygens (including phenoxy) is 1. The lowest BCUT2D eigenvalue weighted by Crippen LogP contribution is -2.33. The summed E-state index contributed by atoms with van der Waals surface area (Å²) in [5.41, 5.74) is 3.45. The SMILES string of the molecule is CCc1nc2ccc(C(=O)NCc3ccccc3OC)cn2c1N(CC)CCN(C)C. The molecule has 0 unspecified atom stereocenters. The number of imidazole rings is 1. The first-order valence-electron chi connectivity index (χ1n) is 10.8. The molecule has 0 atom stereocenters. The molecule has 3 rings (SSSR count). The van der Waals surface area contributed by atoms with E-state index < -0.39 is 0 Å². The molecule has 7 nitrogen and oxygen atoms in total. The molecule has 0 aliphatic heterocycles. The number of anilines is 1. The molecule has 0 bridgehead atoms. The highest BCUT2D eigenvalue weighted by atomic mass is 16.5. The van der Waals surface area contributed by atoms with E-state index in [-0.39, 0.29) is 5.91 Å². The molecule has 3 aromatic rings. The lowest BCUT2D eigenvalue weighted by atomic mass is 10.2. The predicted molar refractivity (Wildman–Crippen MR) is 125 cm³/mol. The number of para-hydroxylation sites is 1. The van der Waals surface area contributed by atoms with Gasteiger partial charge in [0.05, 0.1) is 18.4 Å². The van der Waals surface area contributed by atoms with Crippen LogP contribution in [0, 0.1) is 0 Å². The number of methoxy groups -OCH3 is 1. The summed E-state index contributed by atoms with van der Waals surface area (Å²) in [7, 11) is 5.79. The summed E-state index contributed by atoms with van der Waals surface area (Å²) in [5.74, 6) is 1.71. The Morgan fingerprint density at radius 3 is 2.58 bits per heavy atom. The first-order chi connectivity index (χ1) is 15.0. The number of carbonyl (C=O) groups is 1. The number of fused-ring (bicyclic) bond motifs is 1. The lowest BCUT2D eigenvalue weighted by Gasteiger charge is -2.25. The molecular weight excluding hydrogens is 390 g/mol. The molecule has 2 aromatic heterocycles. The van der Waals surface area contributed by atoms with Crippen LogP contribution in [0.3, 0.4) is 0 Å². The zero-order valence-corrected chi connectivity index (χ0v) is 19.2. The van der Waals surface area contributed by atoms with Crippen LogP contribution >= 0.6 is 0 Å². The molecule has 0 aliphatic rings. The standard InChI is InChI=1S/C24H33N5O2/c1-6-20-24(28(7-2)15-14-27(3)4)29-17-19(12-13-22(29)26-20)23(30)25-16-18-10-8-9-11-21(18)31-5/h8-13,17H,6-7,14-16H2,1-5H3,(H,25,30). The monoisotopic (exact) mass is 423 g/mol. The predicted octanol–water partition coefficient (Wildman–Crippen LogP) is 3.22. The lowest BCUT2D eigenvalue weighted by molar-refractivity contribution is 0.0950. The number of amides is 1. The van der Waals surface area contributed by atoms with Gasteiger partial charge in [0.1, 0.15) is 17.2 Å². The highest BCUT2D eigenvalue weighted by molar-refractivity contribution is 5.94. The zero-order valence-electron chi connectivity index (χ0n) is 19.2. The quantitative estimate of drug-likeness (QED) is 0.543. The number of pyridine rings is 1. The summed E-state index contributed by atoms with van der Waals surface area (Å²) < 4.78 is 7.43. The van der Waals surface area contributed by atoms with E-state index in [9.17, 15) is 4.79 Å². The van der Waals surface area contributed by atoms with Gasteiger partial charge in [-0.05, 0) is 45.6 Å². The first-order valence-corrected chi connectivity index (χ1v) is 10.8. The number of nitrogens with zero attached hydrogens (tertiary/aromatic N) is 4. The molecular formula is C24H33N5O2. The number of hydrogen-bond acceptors (Lipinski definition) is 5. The fourth-order valence-electron chi connectivity index (χ4n) is 3.65. The Morgan fingerprint density at radius 1 is 1.13 bits per heavy atom. The first kappa shape index (κ1) is 22.6. The Bertz CT molecular complexity index is 1030. The average Bonchev–Trinajstić information content (AvgIpc) is 3.15. The summed E-state index contributed by atoms with van der Waals surface area (Å²) in [6, 6.07) is 11.4. The highest BCUT2D eigenvalue weighted by Gasteiger charge is 2.18. The van der Waals surface area contributed by atoms with Gasteiger partial charge in [-0.2, -0.15) is 0 Å². The van der Waals surface area contributed by atoms with Crippen LogP contribution in [0.5, 0.6) is 5.75 Å². The van der Waals surface area contributed by atoms with Gasteiger partial charge in [-0.1, -0.05) is 25.1 Å². The van der Waals surface area contributed by atoms with Gasteiger partial charge in [-0.15, -0.1) is 0 Å². The molecule has 1 amide bonds. The van der Waals surface area contributed by atoms with Crippen LogP contribution in [0.25, 0.3) is 5.65 Å². The Balaban J connectivity index is 1.87. The molecule has 0 radical (unpaired) electrons. The number of hydrogen-bond donors (Lipinski definition) is 1. The molecule has 0 aliphatic carbocycles. The summed E-state index contributed by atoms with van der Waals surface area (Å²) in [6.45, 7) is 7.39. The van der Waals surface area contributed by atoms with Gasteiger partial charge in [-0.3, -0.25) is 9.20 Å². The van der Waals surface area contributed by atoms with Crippen molar-refractivity contribution in [2.24, 2.45) is 0 Å². The van der Waals surface area contributed by atoms with Crippen LogP contribution in [0.4, 0.5) is 5.82 Å². The maximum atomic E-state index is 12.9. The summed E-state index contributed by atoms with van der Waals surface area (Å²) in [4.78, 5) is 22.2. The van der Waals surface area contributed by atoms with Crippen molar-refractivity contribution in [3.05, 3.63) is 59.4 Å². The number of aromatic nitrogens is 2. The van der Waals surface area contributed by atoms with E-state index in [0.717, 1.165) is 54.5 Å². The third kappa shape index (κ3) is 5.17. The molecule has 0 saturated carbocycles. The van der Waals surface area contributed by atoms with Crippen LogP contribution in [0.1, 0.15) is 35.5 Å². The van der Waals surface area contributed by atoms with E-state index in [1.807, 2.05) is 42.6 Å². The Morgan fingerprint density at radius 2 is 1.90 bits per heavy atom. The molecule has 1 aromatic carbocycles. The zero-order chi connectivity index (χ0) is 22.4. The molecule has 31 heavy (non-hydrogen) atoms. The van der Waals surface area contributed by atoms with E-state index in [2.05, 4.69) is 47.5 Å². The van der Waals surface area contributed by atoms with Gasteiger partial charge in [0.25, 0.3) is 5.91 Å². The van der Waals surface area contributed by atoms with Crippen LogP contribution < -0.4 is 15.0 Å². The minimum Gasteiger partial charge on any atom is -0.496 e. The summed E-state index contributed by atoms with van der Waals surface area (Å²) >= 11 is 0. The average molecular weight is 424 g/mol. The number of likely N-dealkylation sites (N-methyl/N-ethyl adjacent to an activating group) is 2. The number of rotatable bonds is 10. The molecule has 0 spiro atoms. The maximum Gasteiger partial charge on any atom is 0.253 e. The van der Waals surface area contributed by atoms with Gasteiger partial charge in [0, 0.05) is 37.9 Å². The van der Waals surface area contributed by atoms with E-state index in [1.165, 1.54) is 0 Å². The summed E-state index contributed by atoms with van der Waals surface area (Å²) in [6.07, 6.45) is 2.73. The number of carbonyl (C=O) groups excluding carboxylic acids is 1. The molecule has 2 heterocycles. The molecule has 0 saturated heterocycles. The van der Waals surface area contributed by atoms with Crippen molar-refractivity contribution in [2.45, 2.75) is 26.8 Å². The Labute approximate surface area is 184 Å². The fraction of sp³-hybridized carbons (Fsp3) is 0.417. The largest absolute Gasteiger partial charge is 0.496 e. The van der Waals surface area contributed by atoms with Gasteiger partial charge >= 0.3 is 0 Å². The minimum atomic E-state index is -0.123. The van der Waals surface area contributed by atoms with E-state index in [4.69, 9.17) is 9.72 Å². The third-order valence-corrected chi connectivity index (χ3v) is 5.39. The van der Waals surface area contributed by atoms with Crippen molar-refractivity contribution < 1.29 is 9.53 Å². The van der Waals surface area contributed by atoms with Crippen molar-refractivity contribution in [1.82, 2.24) is 19.6 Å². The smallest absolute Gasteiger partial charge is 0.253 e. The minimum absolute atomic E-state index is 0.123. The van der Waals surface area contributed by atoms with Gasteiger partial charge in [0.2, 0.25) is 0 Å². The van der Waals surface area contributed by atoms with Crippen LogP contribution in [0.2, 0.25) is 0 Å². The highest BCUT2D eigenvalue weighted by Crippen LogP contribution is 2.24. The normalized spacial score (nSPS) is 11.2. The van der Waals surface area contributed by atoms with Crippen LogP contribution in [-0.2, 0) is 13.0 Å². The Kier molecular flexibility index (Phi) is 7.52. The van der Waals surface area contributed by atoms with E-state index in [1.54, 1.807) is 7.11 Å². The third-order valence-electron chi connectivity index (χ3n) is 5.39. The molecule has 1 N–H and O–H groups in total. The van der Waals surface area contributed by atoms with Gasteiger partial charge in [0.15, 0.2) is 0 Å². The maximum absolute atomic E-state index is 12.9. The van der Waals surface area contributed by atoms with E-state index in [0.29, 0.717) is 12.1 Å². The van der Waals surface area contributed by atoms with Gasteiger partial charge in [-0.25, -0.2) is 4.98 Å². The van der Waals surface area contributed by atoms with Gasteiger partial charge < -0.3 is 19.9 Å². The van der Waals surface area contributed by atoms with Crippen molar-refractivity contribution in [2.75, 3.05) is 45.7 Å². The fourth-order valence-corrected chi connectivity index (χ4v) is 3.65. The topological polar surface area (TPSA) is 62.1 Å². The number of nitrogens with one attached hydrogen (secondary N) is 1. The van der Waals surface area contributed by atoms with E-state index >= 15 is 0 Å². The molecule has 7 heteroatoms. The second-order valence-corrected chi connectivity index (χ2v) is 7.76.